The minimum absolute atomic E-state index is 0.0751. The van der Waals surface area contributed by atoms with E-state index in [9.17, 15) is 9.35 Å². The minimum Gasteiger partial charge on any atom is -0.609 e. The van der Waals surface area contributed by atoms with Gasteiger partial charge in [-0.3, -0.25) is 4.98 Å². The largest absolute Gasteiger partial charge is 0.609 e. The molecule has 31 heavy (non-hydrogen) atoms. The fourth-order valence-electron chi connectivity index (χ4n) is 3.21. The molecule has 0 aliphatic heterocycles. The lowest BCUT2D eigenvalue weighted by Gasteiger charge is -2.20. The topological polar surface area (TPSA) is 98.5 Å². The second-order valence-corrected chi connectivity index (χ2v) is 9.45. The van der Waals surface area contributed by atoms with Crippen molar-refractivity contribution in [1.29, 1.82) is 0 Å². The Morgan fingerprint density at radius 2 is 1.90 bits per heavy atom. The molecule has 0 aliphatic carbocycles. The van der Waals surface area contributed by atoms with E-state index in [1.54, 1.807) is 59.4 Å². The molecule has 2 heterocycles. The molecule has 0 amide bonds. The lowest BCUT2D eigenvalue weighted by atomic mass is 10.1. The van der Waals surface area contributed by atoms with Crippen molar-refractivity contribution in [2.75, 3.05) is 14.2 Å². The zero-order valence-corrected chi connectivity index (χ0v) is 19.6. The highest BCUT2D eigenvalue weighted by molar-refractivity contribution is 7.90. The number of carbonyl (C=O) groups is 1. The van der Waals surface area contributed by atoms with Crippen molar-refractivity contribution in [2.45, 2.75) is 51.1 Å². The number of nitrogens with zero attached hydrogens (tertiary/aromatic N) is 3. The van der Waals surface area contributed by atoms with Crippen LogP contribution in [0.3, 0.4) is 0 Å². The van der Waals surface area contributed by atoms with Crippen LogP contribution >= 0.6 is 0 Å². The van der Waals surface area contributed by atoms with Crippen molar-refractivity contribution in [1.82, 2.24) is 14.5 Å². The van der Waals surface area contributed by atoms with Crippen molar-refractivity contribution in [3.8, 4) is 11.5 Å². The van der Waals surface area contributed by atoms with Gasteiger partial charge in [0.15, 0.2) is 5.75 Å². The predicted molar refractivity (Wildman–Crippen MR) is 118 cm³/mol. The molecule has 0 saturated heterocycles. The second-order valence-electron chi connectivity index (χ2n) is 8.10. The highest BCUT2D eigenvalue weighted by atomic mass is 32.2. The molecule has 0 spiro atoms. The number of aryl methyl sites for hydroxylation is 1. The van der Waals surface area contributed by atoms with Gasteiger partial charge in [-0.25, -0.2) is 4.79 Å². The van der Waals surface area contributed by atoms with Gasteiger partial charge >= 0.3 is 11.2 Å². The molecule has 0 aliphatic rings. The quantitative estimate of drug-likeness (QED) is 0.544. The maximum Gasteiger partial charge on any atom is 0.424 e. The predicted octanol–water partition coefficient (Wildman–Crippen LogP) is 4.16. The number of hydrogen-bond acceptors (Lipinski definition) is 7. The molecule has 9 heteroatoms. The van der Waals surface area contributed by atoms with E-state index in [4.69, 9.17) is 14.2 Å². The summed E-state index contributed by atoms with van der Waals surface area (Å²) in [6.45, 7) is 9.09. The van der Waals surface area contributed by atoms with Crippen LogP contribution in [0.25, 0.3) is 11.0 Å². The summed E-state index contributed by atoms with van der Waals surface area (Å²) in [6.07, 6.45) is 1.04. The van der Waals surface area contributed by atoms with Crippen LogP contribution in [0.2, 0.25) is 0 Å². The summed E-state index contributed by atoms with van der Waals surface area (Å²) in [5.41, 5.74) is 2.56. The average Bonchev–Trinajstić information content (AvgIpc) is 3.08. The van der Waals surface area contributed by atoms with Crippen molar-refractivity contribution >= 4 is 28.3 Å². The monoisotopic (exact) mass is 445 g/mol. The molecule has 0 fully saturated rings. The Bertz CT molecular complexity index is 1120. The Hall–Kier alpha value is -2.78. The van der Waals surface area contributed by atoms with Crippen molar-refractivity contribution in [3.63, 3.8) is 0 Å². The normalized spacial score (nSPS) is 12.6. The number of rotatable bonds is 5. The first-order valence-corrected chi connectivity index (χ1v) is 11.0. The van der Waals surface area contributed by atoms with Crippen LogP contribution in [-0.4, -0.2) is 45.0 Å². The maximum absolute atomic E-state index is 13.4. The van der Waals surface area contributed by atoms with Gasteiger partial charge in [0.1, 0.15) is 17.1 Å². The number of imidazole rings is 1. The summed E-state index contributed by atoms with van der Waals surface area (Å²) in [5.74, 6) is 1.36. The smallest absolute Gasteiger partial charge is 0.424 e. The van der Waals surface area contributed by atoms with Crippen LogP contribution in [0.1, 0.15) is 37.6 Å². The van der Waals surface area contributed by atoms with Crippen LogP contribution in [-0.2, 0) is 21.7 Å². The first-order valence-electron chi connectivity index (χ1n) is 9.73. The lowest BCUT2D eigenvalue weighted by molar-refractivity contribution is 0.0528. The summed E-state index contributed by atoms with van der Waals surface area (Å²) in [7, 11) is 3.13. The van der Waals surface area contributed by atoms with Crippen LogP contribution in [0, 0.1) is 13.8 Å². The molecule has 166 valence electrons. The number of hydrogen-bond donors (Lipinski definition) is 0. The Morgan fingerprint density at radius 3 is 2.52 bits per heavy atom. The number of ether oxygens (including phenoxy) is 3. The van der Waals surface area contributed by atoms with Crippen LogP contribution in [0.15, 0.2) is 29.6 Å². The van der Waals surface area contributed by atoms with E-state index >= 15 is 0 Å². The van der Waals surface area contributed by atoms with E-state index in [0.29, 0.717) is 28.2 Å². The standard InChI is InChI=1S/C22H27N3O5S/c1-13-11-23-17(14(2)19(13)29-7)12-31(27)20-24-16-10-15(28-6)8-9-18(16)25(20)21(26)30-22(3,4)5/h8-11H,12H2,1-7H3. The molecule has 1 unspecified atom stereocenters. The number of carbonyl (C=O) groups excluding carboxylic acids is 1. The summed E-state index contributed by atoms with van der Waals surface area (Å²) in [4.78, 5) is 21.9. The number of benzene rings is 1. The summed E-state index contributed by atoms with van der Waals surface area (Å²) in [6, 6.07) is 5.10. The Morgan fingerprint density at radius 1 is 1.19 bits per heavy atom. The van der Waals surface area contributed by atoms with E-state index in [2.05, 4.69) is 9.97 Å². The lowest BCUT2D eigenvalue weighted by Crippen LogP contribution is -2.29. The molecule has 1 aromatic carbocycles. The SMILES string of the molecule is COc1ccc2c(c1)nc([S+]([O-])Cc1ncc(C)c(OC)c1C)n2C(=O)OC(C)(C)C. The Labute approximate surface area is 184 Å². The Balaban J connectivity index is 2.07. The summed E-state index contributed by atoms with van der Waals surface area (Å²) < 4.78 is 30.9. The van der Waals surface area contributed by atoms with Crippen molar-refractivity contribution in [2.24, 2.45) is 0 Å². The van der Waals surface area contributed by atoms with Gasteiger partial charge in [0.2, 0.25) is 0 Å². The van der Waals surface area contributed by atoms with Gasteiger partial charge in [-0.15, -0.1) is 0 Å². The van der Waals surface area contributed by atoms with Crippen molar-refractivity contribution < 1.29 is 23.6 Å². The van der Waals surface area contributed by atoms with Gasteiger partial charge in [0.05, 0.1) is 30.9 Å². The Kier molecular flexibility index (Phi) is 6.47. The number of methoxy groups -OCH3 is 2. The molecule has 3 aromatic rings. The van der Waals surface area contributed by atoms with Gasteiger partial charge < -0.3 is 18.8 Å². The molecule has 0 radical (unpaired) electrons. The van der Waals surface area contributed by atoms with E-state index in [1.807, 2.05) is 13.8 Å². The number of pyridine rings is 1. The first kappa shape index (κ1) is 22.9. The van der Waals surface area contributed by atoms with E-state index in [1.165, 1.54) is 4.57 Å². The molecular weight excluding hydrogens is 418 g/mol. The molecule has 2 aromatic heterocycles. The molecule has 0 bridgehead atoms. The average molecular weight is 446 g/mol. The summed E-state index contributed by atoms with van der Waals surface area (Å²) in [5, 5.41) is 0.0956. The van der Waals surface area contributed by atoms with Gasteiger partial charge in [-0.1, -0.05) is 0 Å². The van der Waals surface area contributed by atoms with Gasteiger partial charge in [0, 0.05) is 34.6 Å². The zero-order valence-electron chi connectivity index (χ0n) is 18.8. The number of aromatic nitrogens is 3. The molecular formula is C22H27N3O5S. The molecule has 3 rings (SSSR count). The molecule has 8 nitrogen and oxygen atoms in total. The molecule has 1 atom stereocenters. The fourth-order valence-corrected chi connectivity index (χ4v) is 4.45. The van der Waals surface area contributed by atoms with E-state index in [-0.39, 0.29) is 10.9 Å². The second kappa shape index (κ2) is 8.76. The highest BCUT2D eigenvalue weighted by Crippen LogP contribution is 2.29. The van der Waals surface area contributed by atoms with Crippen LogP contribution in [0.4, 0.5) is 4.79 Å². The summed E-state index contributed by atoms with van der Waals surface area (Å²) >= 11 is -1.67. The van der Waals surface area contributed by atoms with Gasteiger partial charge in [0.25, 0.3) is 0 Å². The van der Waals surface area contributed by atoms with Crippen LogP contribution in [0.5, 0.6) is 11.5 Å². The van der Waals surface area contributed by atoms with E-state index in [0.717, 1.165) is 11.1 Å². The third-order valence-electron chi connectivity index (χ3n) is 4.63. The van der Waals surface area contributed by atoms with Crippen molar-refractivity contribution in [3.05, 3.63) is 41.2 Å². The van der Waals surface area contributed by atoms with Gasteiger partial charge in [-0.2, -0.15) is 9.55 Å². The molecule has 0 saturated carbocycles. The first-order chi connectivity index (χ1) is 14.6. The minimum atomic E-state index is -1.67. The highest BCUT2D eigenvalue weighted by Gasteiger charge is 2.31. The number of fused-ring (bicyclic) bond motifs is 1. The van der Waals surface area contributed by atoms with E-state index < -0.39 is 22.9 Å². The third kappa shape index (κ3) is 4.77. The molecule has 0 N–H and O–H groups in total. The van der Waals surface area contributed by atoms with Gasteiger partial charge in [-0.05, 0) is 46.8 Å². The van der Waals surface area contributed by atoms with Crippen LogP contribution < -0.4 is 9.47 Å². The zero-order chi connectivity index (χ0) is 22.9. The fraction of sp³-hybridized carbons (Fsp3) is 0.409. The third-order valence-corrected chi connectivity index (χ3v) is 5.84. The maximum atomic E-state index is 13.4.